The highest BCUT2D eigenvalue weighted by atomic mass is 16.3. The Morgan fingerprint density at radius 3 is 2.85 bits per heavy atom. The Labute approximate surface area is 155 Å². The Balaban J connectivity index is 1.56. The number of carbonyl (C=O) groups is 1. The van der Waals surface area contributed by atoms with Crippen molar-refractivity contribution in [3.63, 3.8) is 0 Å². The average molecular weight is 359 g/mol. The molecule has 3 aromatic heterocycles. The van der Waals surface area contributed by atoms with Crippen LogP contribution in [0.1, 0.15) is 21.9 Å². The molecule has 0 aliphatic rings. The standard InChI is InChI=1S/C20H17N5O2/c1-13-11-17(25-20(23-13)22-12-15-7-4-10-27-15)19(26)24-16-8-2-5-14-6-3-9-21-18(14)16/h2-11H,12H2,1H3,(H,24,26)(H,22,23,25). The molecule has 2 N–H and O–H groups in total. The van der Waals surface area contributed by atoms with Crippen molar-refractivity contribution in [2.45, 2.75) is 13.5 Å². The molecule has 0 unspecified atom stereocenters. The van der Waals surface area contributed by atoms with Crippen molar-refractivity contribution in [3.05, 3.63) is 78.1 Å². The van der Waals surface area contributed by atoms with Gasteiger partial charge in [0, 0.05) is 17.3 Å². The summed E-state index contributed by atoms with van der Waals surface area (Å²) < 4.78 is 5.28. The highest BCUT2D eigenvalue weighted by Crippen LogP contribution is 2.21. The van der Waals surface area contributed by atoms with E-state index >= 15 is 0 Å². The quantitative estimate of drug-likeness (QED) is 0.563. The van der Waals surface area contributed by atoms with Gasteiger partial charge in [-0.1, -0.05) is 18.2 Å². The number of hydrogen-bond donors (Lipinski definition) is 2. The number of fused-ring (bicyclic) bond motifs is 1. The lowest BCUT2D eigenvalue weighted by molar-refractivity contribution is 0.102. The van der Waals surface area contributed by atoms with Gasteiger partial charge in [0.1, 0.15) is 11.5 Å². The zero-order chi connectivity index (χ0) is 18.6. The molecule has 7 heteroatoms. The fourth-order valence-electron chi connectivity index (χ4n) is 2.73. The maximum atomic E-state index is 12.7. The second-order valence-corrected chi connectivity index (χ2v) is 5.99. The Hall–Kier alpha value is -3.74. The first-order valence-electron chi connectivity index (χ1n) is 8.46. The summed E-state index contributed by atoms with van der Waals surface area (Å²) >= 11 is 0. The highest BCUT2D eigenvalue weighted by molar-refractivity contribution is 6.07. The number of pyridine rings is 1. The van der Waals surface area contributed by atoms with Crippen molar-refractivity contribution < 1.29 is 9.21 Å². The topological polar surface area (TPSA) is 92.9 Å². The van der Waals surface area contributed by atoms with E-state index in [2.05, 4.69) is 25.6 Å². The Morgan fingerprint density at radius 1 is 1.11 bits per heavy atom. The lowest BCUT2D eigenvalue weighted by Gasteiger charge is -2.09. The molecule has 134 valence electrons. The number of carbonyl (C=O) groups excluding carboxylic acids is 1. The number of nitrogens with zero attached hydrogens (tertiary/aromatic N) is 3. The lowest BCUT2D eigenvalue weighted by Crippen LogP contribution is -2.16. The highest BCUT2D eigenvalue weighted by Gasteiger charge is 2.13. The van der Waals surface area contributed by atoms with E-state index < -0.39 is 0 Å². The number of hydrogen-bond acceptors (Lipinski definition) is 6. The van der Waals surface area contributed by atoms with Gasteiger partial charge in [0.15, 0.2) is 0 Å². The van der Waals surface area contributed by atoms with Crippen LogP contribution in [-0.4, -0.2) is 20.9 Å². The number of nitrogens with one attached hydrogen (secondary N) is 2. The molecular formula is C20H17N5O2. The van der Waals surface area contributed by atoms with E-state index in [1.54, 1.807) is 18.5 Å². The summed E-state index contributed by atoms with van der Waals surface area (Å²) in [7, 11) is 0. The Morgan fingerprint density at radius 2 is 2.00 bits per heavy atom. The fraction of sp³-hybridized carbons (Fsp3) is 0.100. The van der Waals surface area contributed by atoms with Crippen LogP contribution < -0.4 is 10.6 Å². The molecule has 0 bridgehead atoms. The first-order chi connectivity index (χ1) is 13.2. The summed E-state index contributed by atoms with van der Waals surface area (Å²) in [6.45, 7) is 2.25. The second-order valence-electron chi connectivity index (χ2n) is 5.99. The van der Waals surface area contributed by atoms with Crippen LogP contribution in [0.25, 0.3) is 10.9 Å². The van der Waals surface area contributed by atoms with Gasteiger partial charge < -0.3 is 15.1 Å². The van der Waals surface area contributed by atoms with Crippen molar-refractivity contribution in [1.82, 2.24) is 15.0 Å². The van der Waals surface area contributed by atoms with Gasteiger partial charge in [-0.15, -0.1) is 0 Å². The maximum Gasteiger partial charge on any atom is 0.274 e. The van der Waals surface area contributed by atoms with Crippen LogP contribution in [-0.2, 0) is 6.54 Å². The molecule has 0 saturated heterocycles. The molecule has 0 radical (unpaired) electrons. The smallest absolute Gasteiger partial charge is 0.274 e. The summed E-state index contributed by atoms with van der Waals surface area (Å²) in [6.07, 6.45) is 3.30. The number of anilines is 2. The van der Waals surface area contributed by atoms with Gasteiger partial charge in [0.05, 0.1) is 24.0 Å². The third-order valence-electron chi connectivity index (χ3n) is 3.97. The van der Waals surface area contributed by atoms with Crippen LogP contribution in [0, 0.1) is 6.92 Å². The predicted molar refractivity (Wildman–Crippen MR) is 102 cm³/mol. The summed E-state index contributed by atoms with van der Waals surface area (Å²) in [4.78, 5) is 25.7. The molecule has 0 fully saturated rings. The minimum atomic E-state index is -0.320. The Bertz CT molecular complexity index is 1090. The first kappa shape index (κ1) is 16.7. The summed E-state index contributed by atoms with van der Waals surface area (Å²) in [5.41, 5.74) is 2.33. The van der Waals surface area contributed by atoms with Gasteiger partial charge in [0.25, 0.3) is 5.91 Å². The minimum Gasteiger partial charge on any atom is -0.467 e. The predicted octanol–water partition coefficient (Wildman–Crippen LogP) is 3.79. The largest absolute Gasteiger partial charge is 0.467 e. The van der Waals surface area contributed by atoms with Crippen molar-refractivity contribution in [2.24, 2.45) is 0 Å². The molecule has 0 aliphatic carbocycles. The molecule has 1 amide bonds. The van der Waals surface area contributed by atoms with Crippen LogP contribution >= 0.6 is 0 Å². The van der Waals surface area contributed by atoms with Gasteiger partial charge in [-0.2, -0.15) is 0 Å². The number of benzene rings is 1. The number of furan rings is 1. The van der Waals surface area contributed by atoms with Gasteiger partial charge in [-0.25, -0.2) is 9.97 Å². The van der Waals surface area contributed by atoms with Gasteiger partial charge in [0.2, 0.25) is 5.95 Å². The normalized spacial score (nSPS) is 10.7. The van der Waals surface area contributed by atoms with Crippen molar-refractivity contribution >= 4 is 28.4 Å². The van der Waals surface area contributed by atoms with Crippen LogP contribution in [0.4, 0.5) is 11.6 Å². The number of aromatic nitrogens is 3. The number of rotatable bonds is 5. The van der Waals surface area contributed by atoms with Crippen LogP contribution in [0.3, 0.4) is 0 Å². The van der Waals surface area contributed by atoms with E-state index in [0.717, 1.165) is 16.7 Å². The second kappa shape index (κ2) is 7.25. The zero-order valence-corrected chi connectivity index (χ0v) is 14.6. The van der Waals surface area contributed by atoms with E-state index in [0.29, 0.717) is 23.9 Å². The van der Waals surface area contributed by atoms with E-state index in [-0.39, 0.29) is 11.6 Å². The number of amides is 1. The molecule has 0 atom stereocenters. The molecule has 0 spiro atoms. The molecule has 7 nitrogen and oxygen atoms in total. The van der Waals surface area contributed by atoms with Gasteiger partial charge in [-0.05, 0) is 37.3 Å². The molecule has 4 aromatic rings. The molecule has 0 saturated carbocycles. The average Bonchev–Trinajstić information content (AvgIpc) is 3.20. The molecule has 3 heterocycles. The third-order valence-corrected chi connectivity index (χ3v) is 3.97. The third kappa shape index (κ3) is 3.77. The van der Waals surface area contributed by atoms with E-state index in [4.69, 9.17) is 4.42 Å². The van der Waals surface area contributed by atoms with E-state index in [9.17, 15) is 4.79 Å². The first-order valence-corrected chi connectivity index (χ1v) is 8.46. The zero-order valence-electron chi connectivity index (χ0n) is 14.6. The monoisotopic (exact) mass is 359 g/mol. The minimum absolute atomic E-state index is 0.275. The summed E-state index contributed by atoms with van der Waals surface area (Å²) in [5, 5.41) is 6.91. The molecule has 4 rings (SSSR count). The molecule has 1 aromatic carbocycles. The van der Waals surface area contributed by atoms with Gasteiger partial charge in [-0.3, -0.25) is 9.78 Å². The maximum absolute atomic E-state index is 12.7. The molecule has 27 heavy (non-hydrogen) atoms. The van der Waals surface area contributed by atoms with E-state index in [1.807, 2.05) is 49.4 Å². The fourth-order valence-corrected chi connectivity index (χ4v) is 2.73. The van der Waals surface area contributed by atoms with Crippen LogP contribution in [0.2, 0.25) is 0 Å². The molecular weight excluding hydrogens is 342 g/mol. The number of para-hydroxylation sites is 1. The van der Waals surface area contributed by atoms with Crippen molar-refractivity contribution in [2.75, 3.05) is 10.6 Å². The Kier molecular flexibility index (Phi) is 4.49. The SMILES string of the molecule is Cc1cc(C(=O)Nc2cccc3cccnc23)nc(NCc2ccco2)n1. The lowest BCUT2D eigenvalue weighted by atomic mass is 10.2. The van der Waals surface area contributed by atoms with Crippen molar-refractivity contribution in [3.8, 4) is 0 Å². The van der Waals surface area contributed by atoms with Crippen LogP contribution in [0.5, 0.6) is 0 Å². The van der Waals surface area contributed by atoms with Crippen LogP contribution in [0.15, 0.2) is 65.4 Å². The molecule has 0 aliphatic heterocycles. The number of aryl methyl sites for hydroxylation is 1. The van der Waals surface area contributed by atoms with Gasteiger partial charge >= 0.3 is 0 Å². The van der Waals surface area contributed by atoms with Crippen molar-refractivity contribution in [1.29, 1.82) is 0 Å². The van der Waals surface area contributed by atoms with E-state index in [1.165, 1.54) is 0 Å². The summed E-state index contributed by atoms with van der Waals surface area (Å²) in [5.74, 6) is 0.806. The summed E-state index contributed by atoms with van der Waals surface area (Å²) in [6, 6.07) is 14.8.